The van der Waals surface area contributed by atoms with Crippen molar-refractivity contribution in [3.05, 3.63) is 46.6 Å². The van der Waals surface area contributed by atoms with Gasteiger partial charge in [-0.25, -0.2) is 4.79 Å². The molecule has 0 aliphatic carbocycles. The van der Waals surface area contributed by atoms with E-state index in [0.717, 1.165) is 6.42 Å². The fourth-order valence-corrected chi connectivity index (χ4v) is 3.08. The van der Waals surface area contributed by atoms with Gasteiger partial charge >= 0.3 is 5.97 Å². The van der Waals surface area contributed by atoms with Crippen molar-refractivity contribution in [1.29, 1.82) is 5.26 Å². The van der Waals surface area contributed by atoms with E-state index in [9.17, 15) is 10.1 Å². The Hall–Kier alpha value is -3.14. The van der Waals surface area contributed by atoms with E-state index in [1.54, 1.807) is 39.2 Å². The van der Waals surface area contributed by atoms with Gasteiger partial charge in [-0.3, -0.25) is 0 Å². The van der Waals surface area contributed by atoms with E-state index in [2.05, 4.69) is 19.9 Å². The Bertz CT molecular complexity index is 864. The van der Waals surface area contributed by atoms with E-state index in [0.29, 0.717) is 35.3 Å². The van der Waals surface area contributed by atoms with Gasteiger partial charge < -0.3 is 24.7 Å². The van der Waals surface area contributed by atoms with Crippen molar-refractivity contribution in [2.24, 2.45) is 11.7 Å². The molecular weight excluding hydrogens is 372 g/mol. The van der Waals surface area contributed by atoms with Gasteiger partial charge in [-0.2, -0.15) is 5.26 Å². The highest BCUT2D eigenvalue weighted by atomic mass is 16.5. The molecule has 7 nitrogen and oxygen atoms in total. The molecule has 0 spiro atoms. The molecule has 7 heteroatoms. The van der Waals surface area contributed by atoms with Crippen molar-refractivity contribution in [1.82, 2.24) is 0 Å². The van der Waals surface area contributed by atoms with Gasteiger partial charge in [0.05, 0.1) is 31.8 Å². The quantitative estimate of drug-likeness (QED) is 0.663. The van der Waals surface area contributed by atoms with E-state index in [4.69, 9.17) is 24.7 Å². The molecule has 1 heterocycles. The monoisotopic (exact) mass is 400 g/mol. The summed E-state index contributed by atoms with van der Waals surface area (Å²) in [5.74, 6) is 0.615. The molecule has 2 N–H and O–H groups in total. The number of allylic oxidation sites excluding steroid dienone is 2. The average Bonchev–Trinajstić information content (AvgIpc) is 2.67. The number of methoxy groups -OCH3 is 1. The molecule has 29 heavy (non-hydrogen) atoms. The number of nitrogens with two attached hydrogens (primary N) is 1. The Morgan fingerprint density at radius 3 is 2.66 bits per heavy atom. The van der Waals surface area contributed by atoms with Crippen molar-refractivity contribution in [2.45, 2.75) is 40.0 Å². The predicted octanol–water partition coefficient (Wildman–Crippen LogP) is 3.76. The van der Waals surface area contributed by atoms with Gasteiger partial charge in [0.15, 0.2) is 11.5 Å². The lowest BCUT2D eigenvalue weighted by atomic mass is 9.83. The first-order valence-electron chi connectivity index (χ1n) is 9.60. The molecule has 0 saturated heterocycles. The summed E-state index contributed by atoms with van der Waals surface area (Å²) >= 11 is 0. The van der Waals surface area contributed by atoms with Crippen LogP contribution in [0.4, 0.5) is 0 Å². The minimum Gasteiger partial charge on any atom is -0.493 e. The standard InChI is InChI=1S/C22H28N2O5/c1-6-27-22(25)19-14(4)29-21(24)16(12-23)20(19)15-7-8-17(26-5)18(11-15)28-10-9-13(2)3/h7-8,11,13,20H,6,9-10,24H2,1-5H3. The van der Waals surface area contributed by atoms with E-state index in [-0.39, 0.29) is 23.6 Å². The highest BCUT2D eigenvalue weighted by Crippen LogP contribution is 2.42. The molecule has 1 aliphatic rings. The molecule has 0 saturated carbocycles. The largest absolute Gasteiger partial charge is 0.493 e. The molecular formula is C22H28N2O5. The van der Waals surface area contributed by atoms with Gasteiger partial charge in [-0.05, 0) is 43.9 Å². The van der Waals surface area contributed by atoms with Crippen LogP contribution in [0.1, 0.15) is 45.6 Å². The van der Waals surface area contributed by atoms with Gasteiger partial charge in [-0.15, -0.1) is 0 Å². The van der Waals surface area contributed by atoms with Crippen LogP contribution in [0, 0.1) is 17.2 Å². The van der Waals surface area contributed by atoms with Gasteiger partial charge in [0.25, 0.3) is 0 Å². The zero-order valence-electron chi connectivity index (χ0n) is 17.6. The third-order valence-corrected chi connectivity index (χ3v) is 4.57. The number of ether oxygens (including phenoxy) is 4. The lowest BCUT2D eigenvalue weighted by molar-refractivity contribution is -0.139. The number of rotatable bonds is 8. The zero-order chi connectivity index (χ0) is 21.6. The number of nitrogens with zero attached hydrogens (tertiary/aromatic N) is 1. The van der Waals surface area contributed by atoms with Gasteiger partial charge in [0, 0.05) is 0 Å². The maximum atomic E-state index is 12.6. The van der Waals surface area contributed by atoms with Gasteiger partial charge in [0.2, 0.25) is 5.88 Å². The SMILES string of the molecule is CCOC(=O)C1=C(C)OC(N)=C(C#N)C1c1ccc(OC)c(OCCC(C)C)c1. The number of hydrogen-bond donors (Lipinski definition) is 1. The molecule has 0 fully saturated rings. The topological polar surface area (TPSA) is 104 Å². The summed E-state index contributed by atoms with van der Waals surface area (Å²) in [6, 6.07) is 7.37. The molecule has 1 atom stereocenters. The predicted molar refractivity (Wildman–Crippen MR) is 108 cm³/mol. The summed E-state index contributed by atoms with van der Waals surface area (Å²) in [6.07, 6.45) is 0.883. The van der Waals surface area contributed by atoms with Crippen LogP contribution >= 0.6 is 0 Å². The minimum atomic E-state index is -0.717. The third kappa shape index (κ3) is 5.02. The number of esters is 1. The average molecular weight is 400 g/mol. The lowest BCUT2D eigenvalue weighted by Crippen LogP contribution is -2.25. The van der Waals surface area contributed by atoms with Crippen molar-refractivity contribution < 1.29 is 23.7 Å². The maximum absolute atomic E-state index is 12.6. The van der Waals surface area contributed by atoms with Crippen LogP contribution in [0.2, 0.25) is 0 Å². The molecule has 1 unspecified atom stereocenters. The van der Waals surface area contributed by atoms with Crippen LogP contribution in [0.15, 0.2) is 41.0 Å². The Morgan fingerprint density at radius 2 is 2.07 bits per heavy atom. The number of nitriles is 1. The molecule has 0 radical (unpaired) electrons. The molecule has 0 amide bonds. The molecule has 0 aromatic heterocycles. The van der Waals surface area contributed by atoms with Crippen LogP contribution < -0.4 is 15.2 Å². The molecule has 1 aromatic rings. The summed E-state index contributed by atoms with van der Waals surface area (Å²) in [6.45, 7) is 8.30. The summed E-state index contributed by atoms with van der Waals surface area (Å²) < 4.78 is 22.0. The van der Waals surface area contributed by atoms with Gasteiger partial charge in [0.1, 0.15) is 17.4 Å². The third-order valence-electron chi connectivity index (χ3n) is 4.57. The molecule has 0 bridgehead atoms. The van der Waals surface area contributed by atoms with Crippen molar-refractivity contribution >= 4 is 5.97 Å². The highest BCUT2D eigenvalue weighted by molar-refractivity contribution is 5.92. The van der Waals surface area contributed by atoms with Crippen LogP contribution in [-0.2, 0) is 14.3 Å². The minimum absolute atomic E-state index is 0.0267. The Labute approximate surface area is 171 Å². The Morgan fingerprint density at radius 1 is 1.34 bits per heavy atom. The number of carbonyl (C=O) groups excluding carboxylic acids is 1. The fraction of sp³-hybridized carbons (Fsp3) is 0.455. The van der Waals surface area contributed by atoms with Crippen LogP contribution in [0.25, 0.3) is 0 Å². The molecule has 1 aromatic carbocycles. The van der Waals surface area contributed by atoms with Crippen LogP contribution in [0.3, 0.4) is 0 Å². The second-order valence-electron chi connectivity index (χ2n) is 7.06. The number of carbonyl (C=O) groups is 1. The Balaban J connectivity index is 2.53. The molecule has 2 rings (SSSR count). The molecule has 156 valence electrons. The van der Waals surface area contributed by atoms with Crippen molar-refractivity contribution in [3.8, 4) is 17.6 Å². The first kappa shape index (κ1) is 22.2. The summed E-state index contributed by atoms with van der Waals surface area (Å²) in [5, 5.41) is 9.68. The summed E-state index contributed by atoms with van der Waals surface area (Å²) in [4.78, 5) is 12.6. The fourth-order valence-electron chi connectivity index (χ4n) is 3.08. The van der Waals surface area contributed by atoms with E-state index >= 15 is 0 Å². The first-order valence-corrected chi connectivity index (χ1v) is 9.60. The van der Waals surface area contributed by atoms with Crippen molar-refractivity contribution in [3.63, 3.8) is 0 Å². The first-order chi connectivity index (χ1) is 13.8. The van der Waals surface area contributed by atoms with Crippen LogP contribution in [-0.4, -0.2) is 26.3 Å². The smallest absolute Gasteiger partial charge is 0.338 e. The molecule has 1 aliphatic heterocycles. The Kier molecular flexibility index (Phi) is 7.54. The second-order valence-corrected chi connectivity index (χ2v) is 7.06. The normalized spacial score (nSPS) is 16.4. The van der Waals surface area contributed by atoms with E-state index in [1.165, 1.54) is 0 Å². The number of benzene rings is 1. The summed E-state index contributed by atoms with van der Waals surface area (Å²) in [7, 11) is 1.56. The lowest BCUT2D eigenvalue weighted by Gasteiger charge is -2.27. The van der Waals surface area contributed by atoms with E-state index < -0.39 is 11.9 Å². The van der Waals surface area contributed by atoms with E-state index in [1.807, 2.05) is 0 Å². The zero-order valence-corrected chi connectivity index (χ0v) is 17.6. The van der Waals surface area contributed by atoms with Gasteiger partial charge in [-0.1, -0.05) is 19.9 Å². The highest BCUT2D eigenvalue weighted by Gasteiger charge is 2.36. The second kappa shape index (κ2) is 9.87. The van der Waals surface area contributed by atoms with Crippen LogP contribution in [0.5, 0.6) is 11.5 Å². The summed E-state index contributed by atoms with van der Waals surface area (Å²) in [5.41, 5.74) is 7.00. The maximum Gasteiger partial charge on any atom is 0.338 e. The number of hydrogen-bond acceptors (Lipinski definition) is 7. The van der Waals surface area contributed by atoms with Crippen molar-refractivity contribution in [2.75, 3.05) is 20.3 Å².